The third-order valence-electron chi connectivity index (χ3n) is 4.46. The quantitative estimate of drug-likeness (QED) is 0.281. The largest absolute Gasteiger partial charge is 0.496 e. The number of carbonyl (C=O) groups excluding carboxylic acids is 3. The predicted molar refractivity (Wildman–Crippen MR) is 132 cm³/mol. The van der Waals surface area contributed by atoms with E-state index in [9.17, 15) is 14.4 Å². The van der Waals surface area contributed by atoms with Gasteiger partial charge < -0.3 is 35.2 Å². The Bertz CT molecular complexity index is 1100. The number of rotatable bonds is 9. The molecule has 196 valence electrons. The standard InChI is InChI=1S/C21H27N3O5S.C2H2O4/c1-6-29-21(27)17-13(2)18(20(26)24(3)4)30-19(17)23-16(25)12-22-11-14-9-7-8-10-15(14)28-5;3-1(4)2(5)6/h7-10,22H,6,11-12H2,1-5H3,(H,23,25);(H,3,4)(H,5,6). The molecule has 2 rings (SSSR count). The number of hydrogen-bond donors (Lipinski definition) is 4. The number of methoxy groups -OCH3 is 1. The first-order valence-electron chi connectivity index (χ1n) is 10.5. The van der Waals surface area contributed by atoms with Gasteiger partial charge >= 0.3 is 17.9 Å². The molecule has 0 saturated heterocycles. The van der Waals surface area contributed by atoms with Crippen LogP contribution in [0.3, 0.4) is 0 Å². The molecule has 0 spiro atoms. The van der Waals surface area contributed by atoms with Gasteiger partial charge in [0, 0.05) is 26.2 Å². The second kappa shape index (κ2) is 14.4. The van der Waals surface area contributed by atoms with E-state index in [1.54, 1.807) is 35.1 Å². The molecule has 36 heavy (non-hydrogen) atoms. The van der Waals surface area contributed by atoms with Gasteiger partial charge in [0.05, 0.1) is 30.7 Å². The summed E-state index contributed by atoms with van der Waals surface area (Å²) in [6.07, 6.45) is 0. The number of nitrogens with zero attached hydrogens (tertiary/aromatic N) is 1. The highest BCUT2D eigenvalue weighted by Gasteiger charge is 2.27. The maximum absolute atomic E-state index is 12.5. The summed E-state index contributed by atoms with van der Waals surface area (Å²) in [5.74, 6) is -4.06. The average Bonchev–Trinajstić information content (AvgIpc) is 3.14. The van der Waals surface area contributed by atoms with E-state index in [2.05, 4.69) is 10.6 Å². The van der Waals surface area contributed by atoms with Gasteiger partial charge in [0.1, 0.15) is 10.8 Å². The van der Waals surface area contributed by atoms with Crippen LogP contribution >= 0.6 is 11.3 Å². The maximum Gasteiger partial charge on any atom is 0.414 e. The lowest BCUT2D eigenvalue weighted by Gasteiger charge is -2.10. The summed E-state index contributed by atoms with van der Waals surface area (Å²) >= 11 is 1.07. The first-order valence-corrected chi connectivity index (χ1v) is 11.4. The molecule has 0 aliphatic carbocycles. The van der Waals surface area contributed by atoms with Crippen LogP contribution in [-0.2, 0) is 25.7 Å². The topological polar surface area (TPSA) is 172 Å². The molecule has 0 aliphatic rings. The van der Waals surface area contributed by atoms with E-state index >= 15 is 0 Å². The number of aliphatic carboxylic acids is 2. The van der Waals surface area contributed by atoms with Gasteiger partial charge in [-0.25, -0.2) is 14.4 Å². The van der Waals surface area contributed by atoms with Crippen molar-refractivity contribution >= 4 is 46.1 Å². The smallest absolute Gasteiger partial charge is 0.414 e. The molecule has 0 atom stereocenters. The highest BCUT2D eigenvalue weighted by molar-refractivity contribution is 7.18. The molecule has 0 saturated carbocycles. The minimum atomic E-state index is -1.82. The Balaban J connectivity index is 0.000000960. The Hall–Kier alpha value is -3.97. The lowest BCUT2D eigenvalue weighted by Crippen LogP contribution is -2.28. The first-order chi connectivity index (χ1) is 16.9. The van der Waals surface area contributed by atoms with Gasteiger partial charge in [0.15, 0.2) is 0 Å². The predicted octanol–water partition coefficient (Wildman–Crippen LogP) is 1.83. The molecular formula is C23H29N3O9S. The summed E-state index contributed by atoms with van der Waals surface area (Å²) < 4.78 is 10.4. The van der Waals surface area contributed by atoms with Crippen LogP contribution in [0.15, 0.2) is 24.3 Å². The van der Waals surface area contributed by atoms with Crippen molar-refractivity contribution in [3.8, 4) is 5.75 Å². The molecule has 4 N–H and O–H groups in total. The SMILES string of the molecule is CCOC(=O)c1c(NC(=O)CNCc2ccccc2OC)sc(C(=O)N(C)C)c1C.O=C(O)C(=O)O. The van der Waals surface area contributed by atoms with Gasteiger partial charge in [-0.3, -0.25) is 9.59 Å². The van der Waals surface area contributed by atoms with Crippen LogP contribution in [0.25, 0.3) is 0 Å². The third-order valence-corrected chi connectivity index (χ3v) is 5.65. The van der Waals surface area contributed by atoms with Crippen molar-refractivity contribution in [3.05, 3.63) is 45.8 Å². The molecule has 0 unspecified atom stereocenters. The maximum atomic E-state index is 12.5. The van der Waals surface area contributed by atoms with Crippen molar-refractivity contribution in [3.63, 3.8) is 0 Å². The molecule has 0 aliphatic heterocycles. The van der Waals surface area contributed by atoms with Gasteiger partial charge in [-0.15, -0.1) is 11.3 Å². The Morgan fingerprint density at radius 2 is 1.67 bits per heavy atom. The fourth-order valence-corrected chi connectivity index (χ4v) is 4.02. The Morgan fingerprint density at radius 1 is 1.06 bits per heavy atom. The zero-order valence-electron chi connectivity index (χ0n) is 20.5. The fourth-order valence-electron chi connectivity index (χ4n) is 2.79. The molecular weight excluding hydrogens is 494 g/mol. The van der Waals surface area contributed by atoms with Crippen LogP contribution in [0.5, 0.6) is 5.75 Å². The average molecular weight is 524 g/mol. The number of para-hydroxylation sites is 1. The van der Waals surface area contributed by atoms with E-state index in [4.69, 9.17) is 29.3 Å². The van der Waals surface area contributed by atoms with Crippen LogP contribution in [0.4, 0.5) is 5.00 Å². The van der Waals surface area contributed by atoms with Crippen molar-refractivity contribution in [1.29, 1.82) is 0 Å². The zero-order chi connectivity index (χ0) is 27.4. The normalized spacial score (nSPS) is 9.92. The molecule has 2 amide bonds. The van der Waals surface area contributed by atoms with Crippen molar-refractivity contribution in [2.24, 2.45) is 0 Å². The van der Waals surface area contributed by atoms with Gasteiger partial charge in [-0.2, -0.15) is 0 Å². The van der Waals surface area contributed by atoms with Crippen LogP contribution in [-0.4, -0.2) is 79.2 Å². The summed E-state index contributed by atoms with van der Waals surface area (Å²) in [5.41, 5.74) is 1.63. The number of nitrogens with one attached hydrogen (secondary N) is 2. The van der Waals surface area contributed by atoms with Gasteiger partial charge in [0.2, 0.25) is 5.91 Å². The Kier molecular flexibility index (Phi) is 12.1. The summed E-state index contributed by atoms with van der Waals surface area (Å²) in [5, 5.41) is 20.9. The number of benzene rings is 1. The molecule has 1 aromatic carbocycles. The number of carboxylic acids is 2. The van der Waals surface area contributed by atoms with E-state index in [0.717, 1.165) is 22.6 Å². The Morgan fingerprint density at radius 3 is 2.19 bits per heavy atom. The van der Waals surface area contributed by atoms with Crippen LogP contribution < -0.4 is 15.4 Å². The highest BCUT2D eigenvalue weighted by atomic mass is 32.1. The Labute approximate surface area is 211 Å². The van der Waals surface area contributed by atoms with Crippen LogP contribution in [0.2, 0.25) is 0 Å². The number of amides is 2. The zero-order valence-corrected chi connectivity index (χ0v) is 21.4. The number of hydrogen-bond acceptors (Lipinski definition) is 9. The van der Waals surface area contributed by atoms with Crippen molar-refractivity contribution in [1.82, 2.24) is 10.2 Å². The van der Waals surface area contributed by atoms with Gasteiger partial charge in [0.25, 0.3) is 5.91 Å². The number of ether oxygens (including phenoxy) is 2. The van der Waals surface area contributed by atoms with E-state index in [1.165, 1.54) is 4.90 Å². The second-order valence-electron chi connectivity index (χ2n) is 7.25. The molecule has 0 fully saturated rings. The fraction of sp³-hybridized carbons (Fsp3) is 0.348. The summed E-state index contributed by atoms with van der Waals surface area (Å²) in [6, 6.07) is 7.52. The van der Waals surface area contributed by atoms with Crippen molar-refractivity contribution in [2.75, 3.05) is 39.7 Å². The third kappa shape index (κ3) is 8.67. The molecule has 0 radical (unpaired) electrons. The van der Waals surface area contributed by atoms with Crippen molar-refractivity contribution in [2.45, 2.75) is 20.4 Å². The van der Waals surface area contributed by atoms with Crippen molar-refractivity contribution < 1.29 is 43.7 Å². The van der Waals surface area contributed by atoms with Gasteiger partial charge in [-0.05, 0) is 25.5 Å². The van der Waals surface area contributed by atoms with Crippen LogP contribution in [0.1, 0.15) is 38.1 Å². The molecule has 0 bridgehead atoms. The molecule has 2 aromatic rings. The molecule has 13 heteroatoms. The lowest BCUT2D eigenvalue weighted by atomic mass is 10.1. The van der Waals surface area contributed by atoms with E-state index in [0.29, 0.717) is 22.0 Å². The lowest BCUT2D eigenvalue weighted by molar-refractivity contribution is -0.159. The second-order valence-corrected chi connectivity index (χ2v) is 8.27. The monoisotopic (exact) mass is 523 g/mol. The number of carbonyl (C=O) groups is 5. The first kappa shape index (κ1) is 30.1. The summed E-state index contributed by atoms with van der Waals surface area (Å²) in [4.78, 5) is 57.3. The van der Waals surface area contributed by atoms with E-state index in [1.807, 2.05) is 24.3 Å². The summed E-state index contributed by atoms with van der Waals surface area (Å²) in [6.45, 7) is 4.03. The van der Waals surface area contributed by atoms with E-state index < -0.39 is 17.9 Å². The number of esters is 1. The van der Waals surface area contributed by atoms with Gasteiger partial charge in [-0.1, -0.05) is 18.2 Å². The molecule has 1 aromatic heterocycles. The summed E-state index contributed by atoms with van der Waals surface area (Å²) in [7, 11) is 4.85. The molecule has 12 nitrogen and oxygen atoms in total. The number of carboxylic acid groups (broad SMARTS) is 2. The minimum Gasteiger partial charge on any atom is -0.496 e. The molecule has 1 heterocycles. The van der Waals surface area contributed by atoms with Crippen LogP contribution in [0, 0.1) is 6.92 Å². The van der Waals surface area contributed by atoms with E-state index in [-0.39, 0.29) is 30.5 Å². The number of thiophene rings is 1. The highest BCUT2D eigenvalue weighted by Crippen LogP contribution is 2.34. The number of anilines is 1. The minimum absolute atomic E-state index is 0.0220.